The van der Waals surface area contributed by atoms with E-state index >= 15 is 0 Å². The first-order valence-corrected chi connectivity index (χ1v) is 6.91. The number of ketones is 1. The van der Waals surface area contributed by atoms with Gasteiger partial charge in [-0.05, 0) is 11.5 Å². The maximum absolute atomic E-state index is 12.4. The molecule has 0 spiro atoms. The fourth-order valence-electron chi connectivity index (χ4n) is 2.52. The van der Waals surface area contributed by atoms with Gasteiger partial charge in [-0.1, -0.05) is 55.1 Å². The fourth-order valence-corrected chi connectivity index (χ4v) is 2.52. The average molecular weight is 274 g/mol. The third-order valence-corrected chi connectivity index (χ3v) is 3.58. The number of aromatic nitrogens is 1. The van der Waals surface area contributed by atoms with Crippen LogP contribution in [0.5, 0.6) is 0 Å². The molecule has 1 aromatic heterocycles. The Labute approximate surface area is 124 Å². The van der Waals surface area contributed by atoms with E-state index in [4.69, 9.17) is 0 Å². The highest BCUT2D eigenvalue weighted by molar-refractivity contribution is 5.95. The second kappa shape index (κ2) is 5.71. The summed E-state index contributed by atoms with van der Waals surface area (Å²) in [6, 6.07) is 19.5. The summed E-state index contributed by atoms with van der Waals surface area (Å²) < 4.78 is 1.95. The van der Waals surface area contributed by atoms with E-state index in [1.165, 1.54) is 0 Å². The molecule has 2 aromatic carbocycles. The fraction of sp³-hybridized carbons (Fsp3) is 0.0526. The zero-order valence-electron chi connectivity index (χ0n) is 11.7. The van der Waals surface area contributed by atoms with Gasteiger partial charge in [-0.2, -0.15) is 4.57 Å². The lowest BCUT2D eigenvalue weighted by Gasteiger charge is -2.04. The summed E-state index contributed by atoms with van der Waals surface area (Å²) in [6.07, 6.45) is 3.75. The Morgan fingerprint density at radius 3 is 2.48 bits per heavy atom. The van der Waals surface area contributed by atoms with E-state index in [1.54, 1.807) is 6.08 Å². The maximum atomic E-state index is 12.4. The van der Waals surface area contributed by atoms with Gasteiger partial charge >= 0.3 is 0 Å². The number of benzene rings is 2. The first kappa shape index (κ1) is 13.3. The Bertz CT molecular complexity index is 806. The standard InChI is InChI=1S/C19H16NO/c1-2-18-17-11-7-6-8-15(17)12-13-20(18)14-19(21)16-9-4-3-5-10-16/h2-13H,1,14H2/q+1. The van der Waals surface area contributed by atoms with E-state index in [1.807, 2.05) is 59.3 Å². The Kier molecular flexibility index (Phi) is 3.61. The summed E-state index contributed by atoms with van der Waals surface area (Å²) in [5, 5.41) is 2.26. The molecule has 102 valence electrons. The summed E-state index contributed by atoms with van der Waals surface area (Å²) in [4.78, 5) is 12.4. The molecular weight excluding hydrogens is 258 g/mol. The number of hydrogen-bond acceptors (Lipinski definition) is 1. The number of Topliss-reactive ketones (excluding diaryl/α,β-unsaturated/α-hetero) is 1. The summed E-state index contributed by atoms with van der Waals surface area (Å²) in [5.41, 5.74) is 1.70. The molecule has 0 amide bonds. The molecular formula is C19H16NO+. The van der Waals surface area contributed by atoms with Crippen molar-refractivity contribution in [1.29, 1.82) is 0 Å². The van der Waals surface area contributed by atoms with Crippen molar-refractivity contribution in [3.8, 4) is 0 Å². The van der Waals surface area contributed by atoms with E-state index in [9.17, 15) is 4.79 Å². The SMILES string of the molecule is C=Cc1c2ccccc2cc[n+]1CC(=O)c1ccccc1. The molecule has 0 aliphatic heterocycles. The van der Waals surface area contributed by atoms with Crippen molar-refractivity contribution in [2.75, 3.05) is 0 Å². The molecule has 2 nitrogen and oxygen atoms in total. The van der Waals surface area contributed by atoms with Crippen LogP contribution in [0.3, 0.4) is 0 Å². The van der Waals surface area contributed by atoms with E-state index in [2.05, 4.69) is 18.7 Å². The van der Waals surface area contributed by atoms with Crippen LogP contribution in [0, 0.1) is 0 Å². The minimum Gasteiger partial charge on any atom is -0.287 e. The van der Waals surface area contributed by atoms with Gasteiger partial charge in [-0.3, -0.25) is 4.79 Å². The van der Waals surface area contributed by atoms with Crippen LogP contribution in [0.15, 0.2) is 73.4 Å². The molecule has 21 heavy (non-hydrogen) atoms. The summed E-state index contributed by atoms with van der Waals surface area (Å²) in [6.45, 7) is 4.21. The molecule has 0 N–H and O–H groups in total. The zero-order chi connectivity index (χ0) is 14.7. The third-order valence-electron chi connectivity index (χ3n) is 3.58. The Morgan fingerprint density at radius 2 is 1.71 bits per heavy atom. The van der Waals surface area contributed by atoms with Crippen molar-refractivity contribution in [3.05, 3.63) is 84.7 Å². The number of fused-ring (bicyclic) bond motifs is 1. The lowest BCUT2D eigenvalue weighted by molar-refractivity contribution is -0.683. The monoisotopic (exact) mass is 274 g/mol. The van der Waals surface area contributed by atoms with Crippen molar-refractivity contribution in [2.24, 2.45) is 0 Å². The quantitative estimate of drug-likeness (QED) is 0.525. The van der Waals surface area contributed by atoms with Crippen molar-refractivity contribution in [2.45, 2.75) is 6.54 Å². The Morgan fingerprint density at radius 1 is 1.00 bits per heavy atom. The third kappa shape index (κ3) is 2.61. The van der Waals surface area contributed by atoms with Crippen LogP contribution in [0.25, 0.3) is 16.8 Å². The lowest BCUT2D eigenvalue weighted by Crippen LogP contribution is -2.40. The van der Waals surface area contributed by atoms with E-state index < -0.39 is 0 Å². The number of hydrogen-bond donors (Lipinski definition) is 0. The highest BCUT2D eigenvalue weighted by Crippen LogP contribution is 2.16. The topological polar surface area (TPSA) is 20.9 Å². The molecule has 3 aromatic rings. The van der Waals surface area contributed by atoms with Gasteiger partial charge in [0.05, 0.1) is 5.39 Å². The minimum absolute atomic E-state index is 0.0963. The highest BCUT2D eigenvalue weighted by atomic mass is 16.1. The van der Waals surface area contributed by atoms with Crippen LogP contribution in [-0.4, -0.2) is 5.78 Å². The zero-order valence-corrected chi connectivity index (χ0v) is 11.7. The number of carbonyl (C=O) groups is 1. The van der Waals surface area contributed by atoms with Crippen LogP contribution in [0.2, 0.25) is 0 Å². The second-order valence-corrected chi connectivity index (χ2v) is 4.91. The number of carbonyl (C=O) groups excluding carboxylic acids is 1. The van der Waals surface area contributed by atoms with E-state index in [0.29, 0.717) is 6.54 Å². The first-order chi connectivity index (χ1) is 10.3. The smallest absolute Gasteiger partial charge is 0.227 e. The Hall–Kier alpha value is -2.74. The first-order valence-electron chi connectivity index (χ1n) is 6.91. The van der Waals surface area contributed by atoms with Crippen molar-refractivity contribution >= 4 is 22.6 Å². The molecule has 0 bridgehead atoms. The van der Waals surface area contributed by atoms with Gasteiger partial charge in [-0.25, -0.2) is 0 Å². The van der Waals surface area contributed by atoms with Crippen molar-refractivity contribution in [3.63, 3.8) is 0 Å². The molecule has 0 aliphatic carbocycles. The van der Waals surface area contributed by atoms with Gasteiger partial charge in [0.15, 0.2) is 6.20 Å². The summed E-state index contributed by atoms with van der Waals surface area (Å²) in [7, 11) is 0. The molecule has 1 heterocycles. The van der Waals surface area contributed by atoms with Crippen LogP contribution in [0.4, 0.5) is 0 Å². The molecule has 0 saturated carbocycles. The van der Waals surface area contributed by atoms with Crippen molar-refractivity contribution < 1.29 is 9.36 Å². The number of rotatable bonds is 4. The molecule has 0 fully saturated rings. The predicted octanol–water partition coefficient (Wildman–Crippen LogP) is 3.65. The van der Waals surface area contributed by atoms with Gasteiger partial charge < -0.3 is 0 Å². The van der Waals surface area contributed by atoms with Crippen LogP contribution in [0.1, 0.15) is 16.1 Å². The highest BCUT2D eigenvalue weighted by Gasteiger charge is 2.17. The summed E-state index contributed by atoms with van der Waals surface area (Å²) >= 11 is 0. The van der Waals surface area contributed by atoms with Gasteiger partial charge in [0.25, 0.3) is 0 Å². The predicted molar refractivity (Wildman–Crippen MR) is 85.0 cm³/mol. The van der Waals surface area contributed by atoms with E-state index in [-0.39, 0.29) is 5.78 Å². The molecule has 0 unspecified atom stereocenters. The van der Waals surface area contributed by atoms with Gasteiger partial charge in [-0.15, -0.1) is 0 Å². The van der Waals surface area contributed by atoms with Crippen molar-refractivity contribution in [1.82, 2.24) is 0 Å². The number of nitrogens with zero attached hydrogens (tertiary/aromatic N) is 1. The minimum atomic E-state index is 0.0963. The molecule has 2 heteroatoms. The van der Waals surface area contributed by atoms with Gasteiger partial charge in [0, 0.05) is 17.7 Å². The number of pyridine rings is 1. The largest absolute Gasteiger partial charge is 0.287 e. The van der Waals surface area contributed by atoms with Crippen LogP contribution >= 0.6 is 0 Å². The van der Waals surface area contributed by atoms with Gasteiger partial charge in [0.1, 0.15) is 0 Å². The lowest BCUT2D eigenvalue weighted by atomic mass is 10.1. The molecule has 0 aliphatic rings. The molecule has 3 rings (SSSR count). The maximum Gasteiger partial charge on any atom is 0.227 e. The van der Waals surface area contributed by atoms with E-state index in [0.717, 1.165) is 22.0 Å². The summed E-state index contributed by atoms with van der Waals surface area (Å²) in [5.74, 6) is 0.0963. The molecule has 0 atom stereocenters. The van der Waals surface area contributed by atoms with Crippen LogP contribution < -0.4 is 4.57 Å². The molecule has 0 saturated heterocycles. The average Bonchev–Trinajstić information content (AvgIpc) is 2.55. The molecule has 0 radical (unpaired) electrons. The van der Waals surface area contributed by atoms with Gasteiger partial charge in [0.2, 0.25) is 18.0 Å². The van der Waals surface area contributed by atoms with Crippen LogP contribution in [-0.2, 0) is 6.54 Å². The normalized spacial score (nSPS) is 10.5. The second-order valence-electron chi connectivity index (χ2n) is 4.91. The Balaban J connectivity index is 2.01.